The molecule has 0 N–H and O–H groups in total. The maximum absolute atomic E-state index is 5.74. The molecule has 1 aliphatic heterocycles. The van der Waals surface area contributed by atoms with Gasteiger partial charge in [0, 0.05) is 13.2 Å². The van der Waals surface area contributed by atoms with Gasteiger partial charge in [-0.05, 0) is 49.2 Å². The number of hydrogen-bond acceptors (Lipinski definition) is 2. The predicted octanol–water partition coefficient (Wildman–Crippen LogP) is 5.05. The van der Waals surface area contributed by atoms with E-state index in [9.17, 15) is 0 Å². The first-order valence-corrected chi connectivity index (χ1v) is 8.17. The average molecular weight is 288 g/mol. The molecule has 1 fully saturated rings. The molecule has 0 aliphatic carbocycles. The molecule has 1 aliphatic rings. The van der Waals surface area contributed by atoms with Crippen molar-refractivity contribution in [2.45, 2.75) is 46.0 Å². The normalized spacial score (nSPS) is 18.5. The molecular weight excluding hydrogens is 260 g/mol. The van der Waals surface area contributed by atoms with Crippen LogP contribution in [0.4, 0.5) is 0 Å². The van der Waals surface area contributed by atoms with Gasteiger partial charge >= 0.3 is 0 Å². The Morgan fingerprint density at radius 1 is 1.24 bits per heavy atom. The Bertz CT molecular complexity index is 430. The second-order valence-corrected chi connectivity index (χ2v) is 6.11. The first-order valence-electron chi connectivity index (χ1n) is 8.17. The molecule has 2 rings (SSSR count). The van der Waals surface area contributed by atoms with Gasteiger partial charge in [-0.2, -0.15) is 0 Å². The first-order chi connectivity index (χ1) is 10.3. The summed E-state index contributed by atoms with van der Waals surface area (Å²) in [6.45, 7) is 7.09. The summed E-state index contributed by atoms with van der Waals surface area (Å²) in [6.07, 6.45) is 7.97. The second-order valence-electron chi connectivity index (χ2n) is 6.11. The highest BCUT2D eigenvalue weighted by molar-refractivity contribution is 5.62. The van der Waals surface area contributed by atoms with Gasteiger partial charge in [0.15, 0.2) is 0 Å². The minimum atomic E-state index is 0.500. The lowest BCUT2D eigenvalue weighted by atomic mass is 9.74. The maximum atomic E-state index is 5.74. The van der Waals surface area contributed by atoms with Crippen LogP contribution in [-0.4, -0.2) is 19.8 Å². The highest BCUT2D eigenvalue weighted by atomic mass is 16.5. The molecule has 2 nitrogen and oxygen atoms in total. The second kappa shape index (κ2) is 8.23. The molecule has 0 amide bonds. The van der Waals surface area contributed by atoms with Crippen LogP contribution in [0, 0.1) is 5.41 Å². The van der Waals surface area contributed by atoms with E-state index < -0.39 is 0 Å². The predicted molar refractivity (Wildman–Crippen MR) is 88.1 cm³/mol. The Labute approximate surface area is 129 Å². The Balaban J connectivity index is 1.72. The molecule has 1 aromatic carbocycles. The van der Waals surface area contributed by atoms with Gasteiger partial charge in [0.05, 0.1) is 12.9 Å². The zero-order valence-corrected chi connectivity index (χ0v) is 13.4. The van der Waals surface area contributed by atoms with Gasteiger partial charge in [0.2, 0.25) is 0 Å². The Morgan fingerprint density at radius 3 is 2.62 bits per heavy atom. The molecule has 1 aromatic rings. The summed E-state index contributed by atoms with van der Waals surface area (Å²) in [5.74, 6) is 0. The number of ether oxygens (including phenoxy) is 2. The van der Waals surface area contributed by atoms with Crippen molar-refractivity contribution in [1.29, 1.82) is 0 Å². The topological polar surface area (TPSA) is 18.5 Å². The molecular formula is C19H28O2. The van der Waals surface area contributed by atoms with Gasteiger partial charge in [0.25, 0.3) is 0 Å². The van der Waals surface area contributed by atoms with Gasteiger partial charge in [-0.3, -0.25) is 0 Å². The van der Waals surface area contributed by atoms with E-state index in [2.05, 4.69) is 38.1 Å². The standard InChI is InChI=1S/C19H28O2/c1-3-19(11-14-20-15-12-19)10-7-13-21-16-17(2)18-8-5-4-6-9-18/h4-6,8-9,16H,3,7,10-15H2,1-2H3/b17-16-. The van der Waals surface area contributed by atoms with Crippen LogP contribution in [0.5, 0.6) is 0 Å². The molecule has 0 bridgehead atoms. The highest BCUT2D eigenvalue weighted by Crippen LogP contribution is 2.38. The van der Waals surface area contributed by atoms with Crippen LogP contribution in [0.25, 0.3) is 5.57 Å². The molecule has 0 spiro atoms. The monoisotopic (exact) mass is 288 g/mol. The zero-order chi connectivity index (χ0) is 15.0. The molecule has 21 heavy (non-hydrogen) atoms. The highest BCUT2D eigenvalue weighted by Gasteiger charge is 2.29. The van der Waals surface area contributed by atoms with Crippen LogP contribution in [-0.2, 0) is 9.47 Å². The largest absolute Gasteiger partial charge is 0.501 e. The van der Waals surface area contributed by atoms with E-state index in [-0.39, 0.29) is 0 Å². The van der Waals surface area contributed by atoms with E-state index in [1.54, 1.807) is 0 Å². The lowest BCUT2D eigenvalue weighted by Gasteiger charge is -2.36. The van der Waals surface area contributed by atoms with Crippen molar-refractivity contribution in [3.05, 3.63) is 42.2 Å². The molecule has 2 heteroatoms. The van der Waals surface area contributed by atoms with E-state index in [0.29, 0.717) is 5.41 Å². The van der Waals surface area contributed by atoms with E-state index >= 15 is 0 Å². The van der Waals surface area contributed by atoms with Gasteiger partial charge in [-0.1, -0.05) is 43.7 Å². The van der Waals surface area contributed by atoms with E-state index in [0.717, 1.165) is 26.2 Å². The molecule has 0 unspecified atom stereocenters. The minimum Gasteiger partial charge on any atom is -0.501 e. The lowest BCUT2D eigenvalue weighted by Crippen LogP contribution is -2.29. The van der Waals surface area contributed by atoms with Crippen molar-refractivity contribution in [2.24, 2.45) is 5.41 Å². The summed E-state index contributed by atoms with van der Waals surface area (Å²) in [5.41, 5.74) is 2.92. The van der Waals surface area contributed by atoms with Crippen molar-refractivity contribution >= 4 is 5.57 Å². The summed E-state index contributed by atoms with van der Waals surface area (Å²) in [6, 6.07) is 10.4. The minimum absolute atomic E-state index is 0.500. The number of allylic oxidation sites excluding steroid dienone is 1. The number of benzene rings is 1. The number of rotatable bonds is 7. The SMILES string of the molecule is CCC1(CCCO/C=C(/C)c2ccccc2)CCOCC1. The van der Waals surface area contributed by atoms with Gasteiger partial charge < -0.3 is 9.47 Å². The van der Waals surface area contributed by atoms with Crippen molar-refractivity contribution in [1.82, 2.24) is 0 Å². The maximum Gasteiger partial charge on any atom is 0.0873 e. The van der Waals surface area contributed by atoms with E-state index in [1.165, 1.54) is 36.8 Å². The zero-order valence-electron chi connectivity index (χ0n) is 13.4. The van der Waals surface area contributed by atoms with Crippen LogP contribution >= 0.6 is 0 Å². The average Bonchev–Trinajstić information content (AvgIpc) is 2.56. The quantitative estimate of drug-likeness (QED) is 0.516. The third-order valence-corrected chi connectivity index (χ3v) is 4.76. The third-order valence-electron chi connectivity index (χ3n) is 4.76. The van der Waals surface area contributed by atoms with Crippen LogP contribution in [0.1, 0.15) is 51.5 Å². The van der Waals surface area contributed by atoms with Crippen LogP contribution in [0.2, 0.25) is 0 Å². The van der Waals surface area contributed by atoms with Crippen molar-refractivity contribution in [3.63, 3.8) is 0 Å². The molecule has 0 radical (unpaired) electrons. The van der Waals surface area contributed by atoms with Crippen molar-refractivity contribution in [3.8, 4) is 0 Å². The van der Waals surface area contributed by atoms with Crippen LogP contribution in [0.15, 0.2) is 36.6 Å². The molecule has 1 saturated heterocycles. The van der Waals surface area contributed by atoms with Gasteiger partial charge in [-0.15, -0.1) is 0 Å². The van der Waals surface area contributed by atoms with Crippen molar-refractivity contribution < 1.29 is 9.47 Å². The fourth-order valence-electron chi connectivity index (χ4n) is 3.07. The fourth-order valence-corrected chi connectivity index (χ4v) is 3.07. The smallest absolute Gasteiger partial charge is 0.0873 e. The Kier molecular flexibility index (Phi) is 6.31. The van der Waals surface area contributed by atoms with E-state index in [4.69, 9.17) is 9.47 Å². The molecule has 116 valence electrons. The summed E-state index contributed by atoms with van der Waals surface area (Å²) in [5, 5.41) is 0. The molecule has 1 heterocycles. The molecule has 0 saturated carbocycles. The summed E-state index contributed by atoms with van der Waals surface area (Å²) < 4.78 is 11.2. The summed E-state index contributed by atoms with van der Waals surface area (Å²) >= 11 is 0. The van der Waals surface area contributed by atoms with E-state index in [1.807, 2.05) is 12.3 Å². The van der Waals surface area contributed by atoms with Gasteiger partial charge in [0.1, 0.15) is 0 Å². The summed E-state index contributed by atoms with van der Waals surface area (Å²) in [7, 11) is 0. The lowest BCUT2D eigenvalue weighted by molar-refractivity contribution is 0.00469. The van der Waals surface area contributed by atoms with Gasteiger partial charge in [-0.25, -0.2) is 0 Å². The third kappa shape index (κ3) is 4.89. The fraction of sp³-hybridized carbons (Fsp3) is 0.579. The van der Waals surface area contributed by atoms with Crippen molar-refractivity contribution in [2.75, 3.05) is 19.8 Å². The number of hydrogen-bond donors (Lipinski definition) is 0. The van der Waals surface area contributed by atoms with Crippen LogP contribution < -0.4 is 0 Å². The van der Waals surface area contributed by atoms with Crippen LogP contribution in [0.3, 0.4) is 0 Å². The Morgan fingerprint density at radius 2 is 1.95 bits per heavy atom. The first kappa shape index (κ1) is 16.1. The summed E-state index contributed by atoms with van der Waals surface area (Å²) in [4.78, 5) is 0. The Hall–Kier alpha value is -1.28. The molecule has 0 atom stereocenters. The molecule has 0 aromatic heterocycles.